The van der Waals surface area contributed by atoms with Crippen LogP contribution in [0.5, 0.6) is 5.75 Å². The first kappa shape index (κ1) is 10.7. The first-order valence-corrected chi connectivity index (χ1v) is 5.67. The lowest BCUT2D eigenvalue weighted by Crippen LogP contribution is -2.20. The Morgan fingerprint density at radius 1 is 1.47 bits per heavy atom. The number of ether oxygens (including phenoxy) is 2. The molecule has 1 fully saturated rings. The van der Waals surface area contributed by atoms with Gasteiger partial charge in [-0.3, -0.25) is 0 Å². The summed E-state index contributed by atoms with van der Waals surface area (Å²) in [6.07, 6.45) is 2.72. The van der Waals surface area contributed by atoms with E-state index in [0.717, 1.165) is 23.2 Å². The van der Waals surface area contributed by atoms with Gasteiger partial charge in [-0.25, -0.2) is 0 Å². The van der Waals surface area contributed by atoms with Crippen molar-refractivity contribution in [3.63, 3.8) is 0 Å². The summed E-state index contributed by atoms with van der Waals surface area (Å²) < 4.78 is 12.1. The van der Waals surface area contributed by atoms with Gasteiger partial charge in [-0.15, -0.1) is 6.58 Å². The number of rotatable bonds is 5. The lowest BCUT2D eigenvalue weighted by Gasteiger charge is -2.11. The normalized spacial score (nSPS) is 23.5. The Bertz CT molecular complexity index is 341. The van der Waals surface area contributed by atoms with Crippen LogP contribution < -0.4 is 4.74 Å². The molecule has 2 rings (SSSR count). The molecule has 0 aliphatic carbocycles. The summed E-state index contributed by atoms with van der Waals surface area (Å²) in [5.74, 6) is 0.872. The van der Waals surface area contributed by atoms with Crippen LogP contribution in [0.25, 0.3) is 0 Å². The van der Waals surface area contributed by atoms with E-state index in [0.29, 0.717) is 6.61 Å². The van der Waals surface area contributed by atoms with Gasteiger partial charge in [0.1, 0.15) is 18.0 Å². The molecule has 0 spiro atoms. The summed E-state index contributed by atoms with van der Waals surface area (Å²) in [4.78, 5) is 0. The molecule has 1 atom stereocenters. The monoisotopic (exact) mass is 268 g/mol. The average Bonchev–Trinajstić information content (AvgIpc) is 2.99. The third kappa shape index (κ3) is 2.83. The second kappa shape index (κ2) is 4.37. The zero-order valence-electron chi connectivity index (χ0n) is 8.41. The van der Waals surface area contributed by atoms with Gasteiger partial charge in [0, 0.05) is 4.47 Å². The average molecular weight is 269 g/mol. The highest BCUT2D eigenvalue weighted by Crippen LogP contribution is 2.32. The summed E-state index contributed by atoms with van der Waals surface area (Å²) in [6, 6.07) is 7.80. The Labute approximate surface area is 98.0 Å². The highest BCUT2D eigenvalue weighted by Gasteiger charge is 2.44. The van der Waals surface area contributed by atoms with Gasteiger partial charge in [-0.1, -0.05) is 22.0 Å². The van der Waals surface area contributed by atoms with Crippen LogP contribution in [0.3, 0.4) is 0 Å². The van der Waals surface area contributed by atoms with Crippen molar-refractivity contribution in [2.75, 3.05) is 13.2 Å². The molecule has 1 aromatic rings. The summed E-state index contributed by atoms with van der Waals surface area (Å²) in [5, 5.41) is 0. The smallest absolute Gasteiger partial charge is 0.129 e. The molecule has 1 unspecified atom stereocenters. The summed E-state index contributed by atoms with van der Waals surface area (Å²) in [5.41, 5.74) is -0.102. The molecule has 0 radical (unpaired) electrons. The van der Waals surface area contributed by atoms with E-state index in [1.807, 2.05) is 30.3 Å². The van der Waals surface area contributed by atoms with E-state index in [4.69, 9.17) is 9.47 Å². The van der Waals surface area contributed by atoms with E-state index in [1.165, 1.54) is 0 Å². The number of epoxide rings is 1. The van der Waals surface area contributed by atoms with E-state index >= 15 is 0 Å². The molecule has 0 aromatic heterocycles. The van der Waals surface area contributed by atoms with Crippen LogP contribution in [0, 0.1) is 0 Å². The fraction of sp³-hybridized carbons (Fsp3) is 0.333. The molecule has 1 aromatic carbocycles. The molecule has 2 nitrogen and oxygen atoms in total. The lowest BCUT2D eigenvalue weighted by atomic mass is 10.1. The van der Waals surface area contributed by atoms with Crippen LogP contribution in [-0.2, 0) is 4.74 Å². The zero-order chi connectivity index (χ0) is 10.7. The van der Waals surface area contributed by atoms with Crippen LogP contribution >= 0.6 is 15.9 Å². The standard InChI is InChI=1S/C12H13BrO2/c1-2-7-12(9-15-12)8-14-11-5-3-10(13)4-6-11/h2-6H,1,7-9H2. The van der Waals surface area contributed by atoms with Gasteiger partial charge in [-0.2, -0.15) is 0 Å². The van der Waals surface area contributed by atoms with Crippen molar-refractivity contribution in [3.8, 4) is 5.75 Å². The third-order valence-electron chi connectivity index (χ3n) is 2.38. The maximum atomic E-state index is 5.65. The molecular formula is C12H13BrO2. The predicted octanol–water partition coefficient (Wildman–Crippen LogP) is 3.17. The summed E-state index contributed by atoms with van der Waals surface area (Å²) in [6.45, 7) is 5.08. The van der Waals surface area contributed by atoms with Crippen molar-refractivity contribution in [2.45, 2.75) is 12.0 Å². The van der Waals surface area contributed by atoms with Gasteiger partial charge in [0.2, 0.25) is 0 Å². The number of benzene rings is 1. The SMILES string of the molecule is C=CCC1(COc2ccc(Br)cc2)CO1. The highest BCUT2D eigenvalue weighted by molar-refractivity contribution is 9.10. The van der Waals surface area contributed by atoms with Gasteiger partial charge >= 0.3 is 0 Å². The molecule has 15 heavy (non-hydrogen) atoms. The van der Waals surface area contributed by atoms with Gasteiger partial charge < -0.3 is 9.47 Å². The molecule has 1 heterocycles. The second-order valence-corrected chi connectivity index (χ2v) is 4.62. The van der Waals surface area contributed by atoms with Crippen molar-refractivity contribution in [1.82, 2.24) is 0 Å². The minimum atomic E-state index is -0.102. The van der Waals surface area contributed by atoms with E-state index in [1.54, 1.807) is 0 Å². The minimum absolute atomic E-state index is 0.102. The molecule has 0 amide bonds. The molecule has 1 saturated heterocycles. The van der Waals surface area contributed by atoms with Gasteiger partial charge in [-0.05, 0) is 30.7 Å². The predicted molar refractivity (Wildman–Crippen MR) is 63.1 cm³/mol. The molecule has 0 saturated carbocycles. The maximum Gasteiger partial charge on any atom is 0.129 e. The Morgan fingerprint density at radius 2 is 2.13 bits per heavy atom. The zero-order valence-corrected chi connectivity index (χ0v) is 10.00. The van der Waals surface area contributed by atoms with Crippen molar-refractivity contribution >= 4 is 15.9 Å². The van der Waals surface area contributed by atoms with Crippen LogP contribution in [0.2, 0.25) is 0 Å². The number of hydrogen-bond acceptors (Lipinski definition) is 2. The first-order chi connectivity index (χ1) is 7.24. The van der Waals surface area contributed by atoms with E-state index in [9.17, 15) is 0 Å². The lowest BCUT2D eigenvalue weighted by molar-refractivity contribution is 0.190. The largest absolute Gasteiger partial charge is 0.490 e. The topological polar surface area (TPSA) is 21.8 Å². The van der Waals surface area contributed by atoms with Gasteiger partial charge in [0.05, 0.1) is 6.61 Å². The van der Waals surface area contributed by atoms with E-state index < -0.39 is 0 Å². The molecule has 1 aliphatic heterocycles. The second-order valence-electron chi connectivity index (χ2n) is 3.71. The van der Waals surface area contributed by atoms with Gasteiger partial charge in [0.25, 0.3) is 0 Å². The first-order valence-electron chi connectivity index (χ1n) is 4.87. The fourth-order valence-electron chi connectivity index (χ4n) is 1.37. The molecule has 3 heteroatoms. The van der Waals surface area contributed by atoms with Crippen LogP contribution in [0.1, 0.15) is 6.42 Å². The van der Waals surface area contributed by atoms with Crippen molar-refractivity contribution in [3.05, 3.63) is 41.4 Å². The molecule has 1 aliphatic rings. The van der Waals surface area contributed by atoms with Gasteiger partial charge in [0.15, 0.2) is 0 Å². The number of hydrogen-bond donors (Lipinski definition) is 0. The summed E-state index contributed by atoms with van der Waals surface area (Å²) in [7, 11) is 0. The Hall–Kier alpha value is -0.800. The highest BCUT2D eigenvalue weighted by atomic mass is 79.9. The maximum absolute atomic E-state index is 5.65. The third-order valence-corrected chi connectivity index (χ3v) is 2.91. The van der Waals surface area contributed by atoms with E-state index in [2.05, 4.69) is 22.5 Å². The Morgan fingerprint density at radius 3 is 2.67 bits per heavy atom. The quantitative estimate of drug-likeness (QED) is 0.605. The van der Waals surface area contributed by atoms with E-state index in [-0.39, 0.29) is 5.60 Å². The molecular weight excluding hydrogens is 256 g/mol. The Balaban J connectivity index is 1.88. The van der Waals surface area contributed by atoms with Crippen LogP contribution in [0.4, 0.5) is 0 Å². The number of halogens is 1. The van der Waals surface area contributed by atoms with Crippen molar-refractivity contribution in [1.29, 1.82) is 0 Å². The van der Waals surface area contributed by atoms with Crippen LogP contribution in [0.15, 0.2) is 41.4 Å². The Kier molecular flexibility index (Phi) is 3.12. The molecule has 0 bridgehead atoms. The molecule has 0 N–H and O–H groups in total. The van der Waals surface area contributed by atoms with Crippen LogP contribution in [-0.4, -0.2) is 18.8 Å². The van der Waals surface area contributed by atoms with Crippen molar-refractivity contribution < 1.29 is 9.47 Å². The van der Waals surface area contributed by atoms with Crippen molar-refractivity contribution in [2.24, 2.45) is 0 Å². The molecule has 80 valence electrons. The summed E-state index contributed by atoms with van der Waals surface area (Å²) >= 11 is 3.38. The fourth-order valence-corrected chi connectivity index (χ4v) is 1.64. The minimum Gasteiger partial charge on any atom is -0.490 e.